The molecule has 1 heterocycles. The van der Waals surface area contributed by atoms with Crippen LogP contribution in [0.4, 0.5) is 0 Å². The van der Waals surface area contributed by atoms with E-state index in [9.17, 15) is 8.42 Å². The number of benzene rings is 1. The van der Waals surface area contributed by atoms with Crippen molar-refractivity contribution in [3.8, 4) is 0 Å². The van der Waals surface area contributed by atoms with Gasteiger partial charge in [-0.2, -0.15) is 0 Å². The van der Waals surface area contributed by atoms with Gasteiger partial charge in [0.1, 0.15) is 0 Å². The molecule has 86 valence electrons. The minimum atomic E-state index is -3.13. The van der Waals surface area contributed by atoms with Crippen LogP contribution in [0.2, 0.25) is 0 Å². The zero-order valence-corrected chi connectivity index (χ0v) is 11.0. The molecule has 0 bridgehead atoms. The Morgan fingerprint density at radius 1 is 1.31 bits per heavy atom. The van der Waals surface area contributed by atoms with E-state index in [1.165, 1.54) is 6.26 Å². The molecule has 0 unspecified atom stereocenters. The highest BCUT2D eigenvalue weighted by Crippen LogP contribution is 2.28. The molecule has 0 N–H and O–H groups in total. The van der Waals surface area contributed by atoms with E-state index >= 15 is 0 Å². The van der Waals surface area contributed by atoms with Crippen LogP contribution in [0.1, 0.15) is 24.8 Å². The van der Waals surface area contributed by atoms with Gasteiger partial charge in [0.05, 0.1) is 20.1 Å². The fourth-order valence-electron chi connectivity index (χ4n) is 1.40. The lowest BCUT2D eigenvalue weighted by Gasteiger charge is -1.96. The van der Waals surface area contributed by atoms with Gasteiger partial charge in [0.15, 0.2) is 9.84 Å². The second-order valence-corrected chi connectivity index (χ2v) is 7.19. The van der Waals surface area contributed by atoms with Gasteiger partial charge in [0.2, 0.25) is 0 Å². The van der Waals surface area contributed by atoms with Crippen LogP contribution in [0.5, 0.6) is 0 Å². The largest absolute Gasteiger partial charge is 0.241 e. The Bertz CT molecular complexity index is 626. The van der Waals surface area contributed by atoms with E-state index in [1.807, 2.05) is 0 Å². The smallest absolute Gasteiger partial charge is 0.175 e. The molecule has 0 aliphatic heterocycles. The summed E-state index contributed by atoms with van der Waals surface area (Å²) in [5.74, 6) is 0.374. The van der Waals surface area contributed by atoms with Crippen LogP contribution in [0.3, 0.4) is 0 Å². The number of nitrogens with zero attached hydrogens (tertiary/aromatic N) is 1. The van der Waals surface area contributed by atoms with E-state index in [0.717, 1.165) is 15.2 Å². The van der Waals surface area contributed by atoms with Gasteiger partial charge in [0, 0.05) is 12.2 Å². The van der Waals surface area contributed by atoms with Crippen molar-refractivity contribution in [3.63, 3.8) is 0 Å². The molecule has 0 saturated heterocycles. The van der Waals surface area contributed by atoms with Crippen LogP contribution in [0.25, 0.3) is 10.2 Å². The molecule has 0 spiro atoms. The van der Waals surface area contributed by atoms with E-state index in [4.69, 9.17) is 0 Å². The first kappa shape index (κ1) is 11.5. The standard InChI is InChI=1S/C11H13NO2S2/c1-7(2)11-12-9-5-4-8(16(3,13)14)6-10(9)15-11/h4-7H,1-3H3. The maximum atomic E-state index is 11.4. The summed E-state index contributed by atoms with van der Waals surface area (Å²) in [7, 11) is -3.13. The molecule has 1 aromatic carbocycles. The Kier molecular flexibility index (Phi) is 2.75. The molecule has 0 aliphatic carbocycles. The molecule has 0 radical (unpaired) electrons. The summed E-state index contributed by atoms with van der Waals surface area (Å²) in [5, 5.41) is 1.04. The summed E-state index contributed by atoms with van der Waals surface area (Å²) in [5.41, 5.74) is 0.876. The van der Waals surface area contributed by atoms with Gasteiger partial charge in [-0.1, -0.05) is 13.8 Å². The van der Waals surface area contributed by atoms with Crippen LogP contribution in [0.15, 0.2) is 23.1 Å². The lowest BCUT2D eigenvalue weighted by atomic mass is 10.2. The normalized spacial score (nSPS) is 12.5. The fraction of sp³-hybridized carbons (Fsp3) is 0.364. The predicted octanol–water partition coefficient (Wildman–Crippen LogP) is 2.82. The third-order valence-electron chi connectivity index (χ3n) is 2.30. The van der Waals surface area contributed by atoms with Crippen LogP contribution < -0.4 is 0 Å². The van der Waals surface area contributed by atoms with Crippen molar-refractivity contribution >= 4 is 31.4 Å². The van der Waals surface area contributed by atoms with Crippen LogP contribution in [-0.4, -0.2) is 19.7 Å². The molecule has 3 nitrogen and oxygen atoms in total. The Hall–Kier alpha value is -0.940. The van der Waals surface area contributed by atoms with E-state index in [1.54, 1.807) is 29.5 Å². The van der Waals surface area contributed by atoms with Crippen LogP contribution in [-0.2, 0) is 9.84 Å². The topological polar surface area (TPSA) is 47.0 Å². The number of fused-ring (bicyclic) bond motifs is 1. The van der Waals surface area contributed by atoms with Gasteiger partial charge in [-0.25, -0.2) is 13.4 Å². The van der Waals surface area contributed by atoms with Crippen LogP contribution >= 0.6 is 11.3 Å². The zero-order valence-electron chi connectivity index (χ0n) is 9.39. The minimum Gasteiger partial charge on any atom is -0.241 e. The van der Waals surface area contributed by atoms with Crippen molar-refractivity contribution in [2.24, 2.45) is 0 Å². The summed E-state index contributed by atoms with van der Waals surface area (Å²) in [6.07, 6.45) is 1.22. The first-order valence-electron chi connectivity index (χ1n) is 4.98. The number of sulfone groups is 1. The fourth-order valence-corrected chi connectivity index (χ4v) is 3.13. The SMILES string of the molecule is CC(C)c1nc2ccc(S(C)(=O)=O)cc2s1. The molecular weight excluding hydrogens is 242 g/mol. The zero-order chi connectivity index (χ0) is 11.9. The summed E-state index contributed by atoms with van der Waals surface area (Å²) < 4.78 is 23.7. The quantitative estimate of drug-likeness (QED) is 0.829. The first-order chi connectivity index (χ1) is 7.38. The molecule has 1 aromatic heterocycles. The molecule has 5 heteroatoms. The maximum absolute atomic E-state index is 11.4. The Morgan fingerprint density at radius 3 is 2.56 bits per heavy atom. The Balaban J connectivity index is 2.63. The van der Waals surface area contributed by atoms with Crippen molar-refractivity contribution in [2.45, 2.75) is 24.7 Å². The van der Waals surface area contributed by atoms with Gasteiger partial charge in [-0.05, 0) is 18.2 Å². The van der Waals surface area contributed by atoms with Gasteiger partial charge < -0.3 is 0 Å². The van der Waals surface area contributed by atoms with Crippen LogP contribution in [0, 0.1) is 0 Å². The number of aromatic nitrogens is 1. The number of rotatable bonds is 2. The van der Waals surface area contributed by atoms with E-state index < -0.39 is 9.84 Å². The summed E-state index contributed by atoms with van der Waals surface area (Å²) in [4.78, 5) is 4.82. The Morgan fingerprint density at radius 2 is 2.00 bits per heavy atom. The molecule has 0 amide bonds. The third kappa shape index (κ3) is 2.10. The third-order valence-corrected chi connectivity index (χ3v) is 4.73. The average Bonchev–Trinajstić information content (AvgIpc) is 2.58. The number of thiazole rings is 1. The lowest BCUT2D eigenvalue weighted by Crippen LogP contribution is -1.95. The van der Waals surface area contributed by atoms with Crippen molar-refractivity contribution in [1.29, 1.82) is 0 Å². The molecule has 0 saturated carbocycles. The molecule has 0 aliphatic rings. The summed E-state index contributed by atoms with van der Waals surface area (Å²) >= 11 is 1.56. The van der Waals surface area contributed by atoms with E-state index in [2.05, 4.69) is 18.8 Å². The second-order valence-electron chi connectivity index (χ2n) is 4.11. The summed E-state index contributed by atoms with van der Waals surface area (Å²) in [6.45, 7) is 4.16. The highest BCUT2D eigenvalue weighted by atomic mass is 32.2. The first-order valence-corrected chi connectivity index (χ1v) is 7.69. The monoisotopic (exact) mass is 255 g/mol. The average molecular weight is 255 g/mol. The highest BCUT2D eigenvalue weighted by molar-refractivity contribution is 7.90. The van der Waals surface area contributed by atoms with Crippen molar-refractivity contribution < 1.29 is 8.42 Å². The molecule has 2 rings (SSSR count). The van der Waals surface area contributed by atoms with Gasteiger partial charge in [-0.15, -0.1) is 11.3 Å². The van der Waals surface area contributed by atoms with Gasteiger partial charge in [0.25, 0.3) is 0 Å². The lowest BCUT2D eigenvalue weighted by molar-refractivity contribution is 0.602. The van der Waals surface area contributed by atoms with Gasteiger partial charge >= 0.3 is 0 Å². The van der Waals surface area contributed by atoms with Crippen molar-refractivity contribution in [3.05, 3.63) is 23.2 Å². The van der Waals surface area contributed by atoms with E-state index in [-0.39, 0.29) is 0 Å². The van der Waals surface area contributed by atoms with Gasteiger partial charge in [-0.3, -0.25) is 0 Å². The predicted molar refractivity (Wildman–Crippen MR) is 66.8 cm³/mol. The highest BCUT2D eigenvalue weighted by Gasteiger charge is 2.11. The number of hydrogen-bond donors (Lipinski definition) is 0. The minimum absolute atomic E-state index is 0.360. The number of hydrogen-bond acceptors (Lipinski definition) is 4. The second kappa shape index (κ2) is 3.82. The van der Waals surface area contributed by atoms with Crippen molar-refractivity contribution in [1.82, 2.24) is 4.98 Å². The molecule has 16 heavy (non-hydrogen) atoms. The van der Waals surface area contributed by atoms with E-state index in [0.29, 0.717) is 10.8 Å². The Labute approximate surface area is 99.1 Å². The molecule has 2 aromatic rings. The molecular formula is C11H13NO2S2. The molecule has 0 fully saturated rings. The van der Waals surface area contributed by atoms with Crippen molar-refractivity contribution in [2.75, 3.05) is 6.26 Å². The summed E-state index contributed by atoms with van der Waals surface area (Å²) in [6, 6.07) is 5.09. The maximum Gasteiger partial charge on any atom is 0.175 e. The molecule has 0 atom stereocenters.